The highest BCUT2D eigenvalue weighted by molar-refractivity contribution is 5.92. The number of fused-ring (bicyclic) bond motifs is 6. The fraction of sp³-hybridized carbons (Fsp3) is 0.0323. The van der Waals surface area contributed by atoms with Crippen molar-refractivity contribution in [3.05, 3.63) is 305 Å². The maximum absolute atomic E-state index is 2.48. The molecular weight excluding hydrogens is 759 g/mol. The number of anilines is 3. The normalized spacial score (nSPS) is 15.2. The molecule has 12 rings (SSSR count). The molecule has 2 aliphatic carbocycles. The van der Waals surface area contributed by atoms with E-state index in [0.29, 0.717) is 0 Å². The monoisotopic (exact) mass is 801 g/mol. The van der Waals surface area contributed by atoms with E-state index in [1.165, 1.54) is 77.9 Å². The summed E-state index contributed by atoms with van der Waals surface area (Å²) in [5, 5.41) is 0. The summed E-state index contributed by atoms with van der Waals surface area (Å²) in [5.74, 6) is 0. The molecule has 0 heterocycles. The number of hydrogen-bond acceptors (Lipinski definition) is 1. The van der Waals surface area contributed by atoms with E-state index in [1.54, 1.807) is 0 Å². The minimum Gasteiger partial charge on any atom is -0.310 e. The molecule has 2 aliphatic rings. The number of benzene rings is 10. The van der Waals surface area contributed by atoms with Gasteiger partial charge in [0.05, 0.1) is 10.8 Å². The minimum atomic E-state index is -0.578. The van der Waals surface area contributed by atoms with Gasteiger partial charge in [-0.05, 0) is 120 Å². The molecule has 0 spiro atoms. The Hall–Kier alpha value is -8.00. The fourth-order valence-corrected chi connectivity index (χ4v) is 11.0. The van der Waals surface area contributed by atoms with E-state index >= 15 is 0 Å². The van der Waals surface area contributed by atoms with Crippen molar-refractivity contribution in [2.45, 2.75) is 10.8 Å². The van der Waals surface area contributed by atoms with Crippen molar-refractivity contribution in [2.75, 3.05) is 4.90 Å². The summed E-state index contributed by atoms with van der Waals surface area (Å²) in [6.45, 7) is 0. The lowest BCUT2D eigenvalue weighted by Gasteiger charge is -2.36. The van der Waals surface area contributed by atoms with Crippen LogP contribution in [0.4, 0.5) is 17.1 Å². The molecule has 63 heavy (non-hydrogen) atoms. The third kappa shape index (κ3) is 5.56. The highest BCUT2D eigenvalue weighted by Crippen LogP contribution is 2.59. The first-order valence-electron chi connectivity index (χ1n) is 21.9. The Bertz CT molecular complexity index is 3230. The Morgan fingerprint density at radius 2 is 0.587 bits per heavy atom. The summed E-state index contributed by atoms with van der Waals surface area (Å²) in [6.07, 6.45) is 0. The van der Waals surface area contributed by atoms with Gasteiger partial charge in [0.2, 0.25) is 0 Å². The quantitative estimate of drug-likeness (QED) is 0.148. The molecule has 0 amide bonds. The summed E-state index contributed by atoms with van der Waals surface area (Å²) >= 11 is 0. The van der Waals surface area contributed by atoms with Crippen molar-refractivity contribution in [3.63, 3.8) is 0 Å². The largest absolute Gasteiger partial charge is 0.310 e. The standard InChI is InChI=1S/C62H43N/c1-6-21-44(22-7-1)45-23-20-30-49(41-45)62(48-28-12-4-13-29-48)58-36-19-17-34-54(58)56-40-38-52(43-60(56)62)63(50-31-14-5-15-32-50)51-37-39-55-53-33-16-18-35-57(53)61(59(55)42-51,46-24-8-2-9-25-46)47-26-10-3-11-27-47/h1-43H. The van der Waals surface area contributed by atoms with Crippen LogP contribution >= 0.6 is 0 Å². The molecule has 0 aliphatic heterocycles. The van der Waals surface area contributed by atoms with Gasteiger partial charge in [0.25, 0.3) is 0 Å². The SMILES string of the molecule is c1ccc(-c2cccc(C3(c4ccccc4)c4ccccc4-c4ccc(N(c5ccccc5)c5ccc6c(c5)C(c5ccccc5)(c5ccccc5)c5ccccc5-6)cc43)c2)cc1. The van der Waals surface area contributed by atoms with E-state index < -0.39 is 10.8 Å². The van der Waals surface area contributed by atoms with Crippen LogP contribution in [-0.2, 0) is 10.8 Å². The second kappa shape index (κ2) is 14.9. The van der Waals surface area contributed by atoms with Crippen molar-refractivity contribution in [2.24, 2.45) is 0 Å². The van der Waals surface area contributed by atoms with Crippen LogP contribution in [0.25, 0.3) is 33.4 Å². The van der Waals surface area contributed by atoms with Crippen LogP contribution in [0.5, 0.6) is 0 Å². The molecule has 296 valence electrons. The molecule has 0 aromatic heterocycles. The van der Waals surface area contributed by atoms with Gasteiger partial charge in [-0.1, -0.05) is 218 Å². The maximum atomic E-state index is 2.48. The average molecular weight is 802 g/mol. The Balaban J connectivity index is 1.12. The van der Waals surface area contributed by atoms with Gasteiger partial charge in [0, 0.05) is 17.1 Å². The molecule has 0 saturated carbocycles. The van der Waals surface area contributed by atoms with Gasteiger partial charge in [-0.25, -0.2) is 0 Å². The Morgan fingerprint density at radius 1 is 0.222 bits per heavy atom. The third-order valence-corrected chi connectivity index (χ3v) is 13.6. The first kappa shape index (κ1) is 36.8. The average Bonchev–Trinajstić information content (AvgIpc) is 3.83. The van der Waals surface area contributed by atoms with Crippen molar-refractivity contribution >= 4 is 17.1 Å². The van der Waals surface area contributed by atoms with Crippen LogP contribution in [0.2, 0.25) is 0 Å². The molecule has 1 unspecified atom stereocenters. The lowest BCUT2D eigenvalue weighted by molar-refractivity contribution is 0.767. The second-order valence-electron chi connectivity index (χ2n) is 16.8. The van der Waals surface area contributed by atoms with Crippen LogP contribution in [0.15, 0.2) is 261 Å². The van der Waals surface area contributed by atoms with Crippen molar-refractivity contribution in [1.29, 1.82) is 0 Å². The lowest BCUT2D eigenvalue weighted by Crippen LogP contribution is -2.29. The Morgan fingerprint density at radius 3 is 1.08 bits per heavy atom. The van der Waals surface area contributed by atoms with Gasteiger partial charge in [-0.2, -0.15) is 0 Å². The maximum Gasteiger partial charge on any atom is 0.0714 e. The smallest absolute Gasteiger partial charge is 0.0714 e. The first-order chi connectivity index (χ1) is 31.3. The molecule has 1 atom stereocenters. The molecule has 0 radical (unpaired) electrons. The van der Waals surface area contributed by atoms with E-state index in [1.807, 2.05) is 0 Å². The zero-order valence-corrected chi connectivity index (χ0v) is 34.8. The van der Waals surface area contributed by atoms with E-state index in [-0.39, 0.29) is 0 Å². The molecule has 0 N–H and O–H groups in total. The van der Waals surface area contributed by atoms with Gasteiger partial charge in [-0.15, -0.1) is 0 Å². The van der Waals surface area contributed by atoms with Gasteiger partial charge < -0.3 is 4.90 Å². The highest BCUT2D eigenvalue weighted by atomic mass is 15.1. The van der Waals surface area contributed by atoms with E-state index in [2.05, 4.69) is 266 Å². The predicted molar refractivity (Wildman–Crippen MR) is 261 cm³/mol. The summed E-state index contributed by atoms with van der Waals surface area (Å²) in [6, 6.07) is 96.5. The fourth-order valence-electron chi connectivity index (χ4n) is 11.0. The van der Waals surface area contributed by atoms with E-state index in [9.17, 15) is 0 Å². The number of rotatable bonds is 8. The number of hydrogen-bond donors (Lipinski definition) is 0. The van der Waals surface area contributed by atoms with Crippen LogP contribution in [0.3, 0.4) is 0 Å². The summed E-state index contributed by atoms with van der Waals surface area (Å²) in [4.78, 5) is 2.46. The molecule has 1 heteroatoms. The summed E-state index contributed by atoms with van der Waals surface area (Å²) < 4.78 is 0. The Kier molecular flexibility index (Phi) is 8.69. The van der Waals surface area contributed by atoms with Crippen molar-refractivity contribution in [1.82, 2.24) is 0 Å². The first-order valence-corrected chi connectivity index (χ1v) is 21.9. The van der Waals surface area contributed by atoms with Crippen molar-refractivity contribution < 1.29 is 0 Å². The molecule has 1 nitrogen and oxygen atoms in total. The van der Waals surface area contributed by atoms with Crippen LogP contribution in [0.1, 0.15) is 44.5 Å². The molecule has 0 bridgehead atoms. The zero-order chi connectivity index (χ0) is 41.8. The minimum absolute atomic E-state index is 0.515. The van der Waals surface area contributed by atoms with E-state index in [4.69, 9.17) is 0 Å². The third-order valence-electron chi connectivity index (χ3n) is 13.6. The molecular formula is C62H43N. The van der Waals surface area contributed by atoms with Gasteiger partial charge in [0.15, 0.2) is 0 Å². The number of para-hydroxylation sites is 1. The summed E-state index contributed by atoms with van der Waals surface area (Å²) in [7, 11) is 0. The van der Waals surface area contributed by atoms with Gasteiger partial charge in [-0.3, -0.25) is 0 Å². The highest BCUT2D eigenvalue weighted by Gasteiger charge is 2.48. The molecule has 10 aromatic carbocycles. The topological polar surface area (TPSA) is 3.24 Å². The zero-order valence-electron chi connectivity index (χ0n) is 34.8. The predicted octanol–water partition coefficient (Wildman–Crippen LogP) is 15.5. The number of nitrogens with zero attached hydrogens (tertiary/aromatic N) is 1. The van der Waals surface area contributed by atoms with E-state index in [0.717, 1.165) is 17.1 Å². The lowest BCUT2D eigenvalue weighted by atomic mass is 9.67. The van der Waals surface area contributed by atoms with Crippen molar-refractivity contribution in [3.8, 4) is 33.4 Å². The molecule has 0 fully saturated rings. The molecule has 0 saturated heterocycles. The summed E-state index contributed by atoms with van der Waals surface area (Å²) in [5.41, 5.74) is 19.9. The molecule has 10 aromatic rings. The van der Waals surface area contributed by atoms with Crippen LogP contribution in [-0.4, -0.2) is 0 Å². The van der Waals surface area contributed by atoms with Gasteiger partial charge in [0.1, 0.15) is 0 Å². The van der Waals surface area contributed by atoms with Crippen LogP contribution in [0, 0.1) is 0 Å². The van der Waals surface area contributed by atoms with Gasteiger partial charge >= 0.3 is 0 Å². The van der Waals surface area contributed by atoms with Crippen LogP contribution < -0.4 is 4.90 Å². The Labute approximate surface area is 369 Å². The second-order valence-corrected chi connectivity index (χ2v) is 16.8.